The molecule has 2 aromatic carbocycles. The number of hydrogen-bond acceptors (Lipinski definition) is 6. The Hall–Kier alpha value is -3.00. The van der Waals surface area contributed by atoms with Gasteiger partial charge in [0.2, 0.25) is 5.95 Å². The van der Waals surface area contributed by atoms with Crippen LogP contribution in [0.2, 0.25) is 0 Å². The van der Waals surface area contributed by atoms with Crippen LogP contribution in [0.3, 0.4) is 0 Å². The molecule has 0 aliphatic carbocycles. The molecule has 0 atom stereocenters. The fourth-order valence-electron chi connectivity index (χ4n) is 1.93. The molecule has 126 valence electrons. The molecule has 3 rings (SSSR count). The fraction of sp³-hybridized carbons (Fsp3) is 0.0588. The van der Waals surface area contributed by atoms with Crippen LogP contribution in [-0.4, -0.2) is 21.4 Å². The summed E-state index contributed by atoms with van der Waals surface area (Å²) in [6.07, 6.45) is 2.69. The summed E-state index contributed by atoms with van der Waals surface area (Å²) in [5, 5.41) is 11.2. The highest BCUT2D eigenvalue weighted by Gasteiger charge is 1.97. The number of H-pyrrole nitrogens is 1. The maximum Gasteiger partial charge on any atom is 0.271 e. The predicted molar refractivity (Wildman–Crippen MR) is 98.8 cm³/mol. The van der Waals surface area contributed by atoms with Gasteiger partial charge in [0.1, 0.15) is 18.6 Å². The summed E-state index contributed by atoms with van der Waals surface area (Å²) in [4.78, 5) is 13.5. The predicted octanol–water partition coefficient (Wildman–Crippen LogP) is 2.95. The van der Waals surface area contributed by atoms with Gasteiger partial charge in [-0.05, 0) is 47.5 Å². The molecular weight excluding hydrogens is 386 g/mol. The molecule has 0 amide bonds. The van der Waals surface area contributed by atoms with Gasteiger partial charge in [-0.3, -0.25) is 9.78 Å². The molecule has 0 bridgehead atoms. The third kappa shape index (κ3) is 5.25. The third-order valence-corrected chi connectivity index (χ3v) is 3.69. The zero-order valence-corrected chi connectivity index (χ0v) is 14.6. The molecule has 0 radical (unpaired) electrons. The Bertz CT molecular complexity index is 907. The van der Waals surface area contributed by atoms with Crippen molar-refractivity contribution in [2.75, 3.05) is 5.43 Å². The Kier molecular flexibility index (Phi) is 5.53. The van der Waals surface area contributed by atoms with E-state index in [1.807, 2.05) is 48.5 Å². The van der Waals surface area contributed by atoms with Crippen molar-refractivity contribution in [3.05, 3.63) is 80.7 Å². The van der Waals surface area contributed by atoms with Crippen LogP contribution in [-0.2, 0) is 6.61 Å². The van der Waals surface area contributed by atoms with Gasteiger partial charge in [0.05, 0.1) is 6.21 Å². The van der Waals surface area contributed by atoms with Gasteiger partial charge in [0.15, 0.2) is 0 Å². The molecule has 0 aliphatic heterocycles. The Morgan fingerprint density at radius 2 is 1.92 bits per heavy atom. The first kappa shape index (κ1) is 16.8. The molecule has 2 N–H and O–H groups in total. The highest BCUT2D eigenvalue weighted by atomic mass is 79.9. The number of ether oxygens (including phenoxy) is 1. The van der Waals surface area contributed by atoms with Crippen LogP contribution in [0.4, 0.5) is 5.95 Å². The summed E-state index contributed by atoms with van der Waals surface area (Å²) in [6.45, 7) is 0.502. The lowest BCUT2D eigenvalue weighted by molar-refractivity contribution is 0.306. The zero-order valence-electron chi connectivity index (χ0n) is 13.0. The Morgan fingerprint density at radius 3 is 2.64 bits per heavy atom. The Morgan fingerprint density at radius 1 is 1.16 bits per heavy atom. The number of aromatic nitrogens is 3. The summed E-state index contributed by atoms with van der Waals surface area (Å²) in [5.41, 5.74) is 4.22. The number of aromatic amines is 1. The minimum Gasteiger partial charge on any atom is -0.489 e. The van der Waals surface area contributed by atoms with Crippen LogP contribution in [0.15, 0.2) is 69.1 Å². The maximum atomic E-state index is 11.1. The number of anilines is 1. The second kappa shape index (κ2) is 8.20. The van der Waals surface area contributed by atoms with Crippen molar-refractivity contribution in [1.82, 2.24) is 15.2 Å². The number of hydrazone groups is 1. The number of hydrogen-bond donors (Lipinski definition) is 2. The number of halogens is 1. The van der Waals surface area contributed by atoms with Gasteiger partial charge < -0.3 is 4.74 Å². The van der Waals surface area contributed by atoms with E-state index in [0.717, 1.165) is 27.5 Å². The fourth-order valence-corrected chi connectivity index (χ4v) is 2.19. The minimum absolute atomic E-state index is 0.179. The van der Waals surface area contributed by atoms with Gasteiger partial charge >= 0.3 is 0 Å². The zero-order chi connectivity index (χ0) is 17.5. The molecule has 8 heteroatoms. The van der Waals surface area contributed by atoms with Crippen molar-refractivity contribution in [3.63, 3.8) is 0 Å². The van der Waals surface area contributed by atoms with E-state index in [9.17, 15) is 4.79 Å². The summed E-state index contributed by atoms with van der Waals surface area (Å²) < 4.78 is 6.78. The third-order valence-electron chi connectivity index (χ3n) is 3.16. The molecule has 0 spiro atoms. The van der Waals surface area contributed by atoms with Crippen LogP contribution in [0.5, 0.6) is 5.75 Å². The lowest BCUT2D eigenvalue weighted by Gasteiger charge is -2.06. The molecule has 0 saturated heterocycles. The summed E-state index contributed by atoms with van der Waals surface area (Å²) >= 11 is 3.41. The topological polar surface area (TPSA) is 92.3 Å². The van der Waals surface area contributed by atoms with E-state index in [4.69, 9.17) is 4.74 Å². The summed E-state index contributed by atoms with van der Waals surface area (Å²) in [5.74, 6) is 0.949. The first-order valence-electron chi connectivity index (χ1n) is 7.37. The quantitative estimate of drug-likeness (QED) is 0.490. The van der Waals surface area contributed by atoms with E-state index in [0.29, 0.717) is 6.61 Å². The second-order valence-electron chi connectivity index (χ2n) is 5.04. The van der Waals surface area contributed by atoms with E-state index in [1.54, 1.807) is 6.21 Å². The molecule has 3 aromatic rings. The van der Waals surface area contributed by atoms with E-state index in [1.165, 1.54) is 0 Å². The largest absolute Gasteiger partial charge is 0.489 e. The smallest absolute Gasteiger partial charge is 0.271 e. The van der Waals surface area contributed by atoms with Crippen molar-refractivity contribution >= 4 is 28.1 Å². The molecule has 7 nitrogen and oxygen atoms in total. The van der Waals surface area contributed by atoms with E-state index >= 15 is 0 Å². The van der Waals surface area contributed by atoms with Crippen molar-refractivity contribution in [2.45, 2.75) is 6.61 Å². The molecule has 0 saturated carbocycles. The van der Waals surface area contributed by atoms with E-state index < -0.39 is 0 Å². The molecule has 25 heavy (non-hydrogen) atoms. The Balaban J connectivity index is 1.53. The van der Waals surface area contributed by atoms with Gasteiger partial charge in [-0.2, -0.15) is 5.10 Å². The number of rotatable bonds is 6. The monoisotopic (exact) mass is 399 g/mol. The normalized spacial score (nSPS) is 10.8. The number of benzene rings is 2. The first-order chi connectivity index (χ1) is 12.2. The lowest BCUT2D eigenvalue weighted by Crippen LogP contribution is -2.10. The van der Waals surface area contributed by atoms with Crippen LogP contribution in [0, 0.1) is 0 Å². The van der Waals surface area contributed by atoms with Crippen molar-refractivity contribution in [1.29, 1.82) is 0 Å². The number of nitrogens with zero attached hydrogens (tertiary/aromatic N) is 3. The van der Waals surface area contributed by atoms with E-state index in [-0.39, 0.29) is 11.5 Å². The molecule has 1 heterocycles. The van der Waals surface area contributed by atoms with Crippen molar-refractivity contribution < 1.29 is 4.74 Å². The molecule has 0 fully saturated rings. The van der Waals surface area contributed by atoms with E-state index in [2.05, 4.69) is 41.6 Å². The van der Waals surface area contributed by atoms with Crippen LogP contribution >= 0.6 is 15.9 Å². The number of nitrogens with one attached hydrogen (secondary N) is 2. The van der Waals surface area contributed by atoms with Gasteiger partial charge in [-0.15, -0.1) is 10.2 Å². The molecule has 0 unspecified atom stereocenters. The lowest BCUT2D eigenvalue weighted by atomic mass is 10.2. The highest BCUT2D eigenvalue weighted by Crippen LogP contribution is 2.15. The summed E-state index contributed by atoms with van der Waals surface area (Å²) in [6, 6.07) is 15.5. The van der Waals surface area contributed by atoms with Crippen molar-refractivity contribution in [3.8, 4) is 5.75 Å². The van der Waals surface area contributed by atoms with Gasteiger partial charge in [-0.25, -0.2) is 5.43 Å². The molecule has 0 aliphatic rings. The summed E-state index contributed by atoms with van der Waals surface area (Å²) in [7, 11) is 0. The average Bonchev–Trinajstić information content (AvgIpc) is 2.62. The first-order valence-corrected chi connectivity index (χ1v) is 8.17. The van der Waals surface area contributed by atoms with Gasteiger partial charge in [0, 0.05) is 4.47 Å². The van der Waals surface area contributed by atoms with Crippen molar-refractivity contribution in [2.24, 2.45) is 5.10 Å². The second-order valence-corrected chi connectivity index (χ2v) is 5.95. The highest BCUT2D eigenvalue weighted by molar-refractivity contribution is 9.10. The standard InChI is InChI=1S/C17H14BrN5O2/c18-14-5-1-13(2-6-14)11-25-15-7-3-12(4-8-15)9-19-22-17-21-16(24)10-20-23-17/h1-10H,11H2,(H2,21,22,23,24)/b19-9+. The maximum absolute atomic E-state index is 11.1. The minimum atomic E-state index is -0.347. The van der Waals surface area contributed by atoms with Crippen LogP contribution < -0.4 is 15.7 Å². The van der Waals surface area contributed by atoms with Crippen LogP contribution in [0.25, 0.3) is 0 Å². The van der Waals surface area contributed by atoms with Crippen LogP contribution in [0.1, 0.15) is 11.1 Å². The van der Waals surface area contributed by atoms with Gasteiger partial charge in [-0.1, -0.05) is 28.1 Å². The Labute approximate surface area is 151 Å². The molecular formula is C17H14BrN5O2. The SMILES string of the molecule is O=c1cnnc(N/N=C/c2ccc(OCc3ccc(Br)cc3)cc2)[nH]1. The molecule has 1 aromatic heterocycles. The van der Waals surface area contributed by atoms with Gasteiger partial charge in [0.25, 0.3) is 5.56 Å². The average molecular weight is 400 g/mol.